The van der Waals surface area contributed by atoms with Crippen LogP contribution in [0.1, 0.15) is 13.8 Å². The van der Waals surface area contributed by atoms with Crippen molar-refractivity contribution in [3.8, 4) is 5.75 Å². The third-order valence-electron chi connectivity index (χ3n) is 2.41. The Kier molecular flexibility index (Phi) is 5.20. The standard InChI is InChI=1S/C12H17FN2O4/c1-3-14-7-12(2,16)8-19-11-5-4-9(13)6-10(11)15(17)18/h4-6,14,16H,3,7-8H2,1-2H3. The lowest BCUT2D eigenvalue weighted by Crippen LogP contribution is -2.42. The number of benzene rings is 1. The number of halogens is 1. The molecule has 7 heteroatoms. The number of hydrogen-bond acceptors (Lipinski definition) is 5. The van der Waals surface area contributed by atoms with Crippen molar-refractivity contribution in [1.29, 1.82) is 0 Å². The maximum absolute atomic E-state index is 12.9. The van der Waals surface area contributed by atoms with E-state index in [4.69, 9.17) is 4.74 Å². The highest BCUT2D eigenvalue weighted by molar-refractivity contribution is 5.46. The molecule has 0 spiro atoms. The molecule has 0 aromatic heterocycles. The van der Waals surface area contributed by atoms with Gasteiger partial charge < -0.3 is 15.2 Å². The molecule has 1 unspecified atom stereocenters. The summed E-state index contributed by atoms with van der Waals surface area (Å²) in [5, 5.41) is 23.7. The fraction of sp³-hybridized carbons (Fsp3) is 0.500. The number of nitrogens with zero attached hydrogens (tertiary/aromatic N) is 1. The summed E-state index contributed by atoms with van der Waals surface area (Å²) in [5.41, 5.74) is -1.63. The molecular formula is C12H17FN2O4. The van der Waals surface area contributed by atoms with E-state index in [1.165, 1.54) is 6.07 Å². The van der Waals surface area contributed by atoms with Crippen LogP contribution in [0.25, 0.3) is 0 Å². The molecular weight excluding hydrogens is 255 g/mol. The molecule has 0 amide bonds. The first kappa shape index (κ1) is 15.3. The van der Waals surface area contributed by atoms with Crippen molar-refractivity contribution in [2.75, 3.05) is 19.7 Å². The Bertz CT molecular complexity index is 451. The number of likely N-dealkylation sites (N-methyl/N-ethyl adjacent to an activating group) is 1. The molecule has 0 radical (unpaired) electrons. The molecule has 0 saturated heterocycles. The highest BCUT2D eigenvalue weighted by Gasteiger charge is 2.23. The minimum absolute atomic E-state index is 0.0665. The van der Waals surface area contributed by atoms with Crippen LogP contribution in [0.4, 0.5) is 10.1 Å². The molecule has 1 aromatic rings. The third-order valence-corrected chi connectivity index (χ3v) is 2.41. The average molecular weight is 272 g/mol. The van der Waals surface area contributed by atoms with E-state index in [1.54, 1.807) is 6.92 Å². The number of nitro groups is 1. The van der Waals surface area contributed by atoms with Crippen molar-refractivity contribution in [2.24, 2.45) is 0 Å². The van der Waals surface area contributed by atoms with E-state index in [0.717, 1.165) is 12.1 Å². The van der Waals surface area contributed by atoms with E-state index in [-0.39, 0.29) is 12.4 Å². The summed E-state index contributed by atoms with van der Waals surface area (Å²) < 4.78 is 18.1. The Morgan fingerprint density at radius 2 is 2.26 bits per heavy atom. The van der Waals surface area contributed by atoms with E-state index in [1.807, 2.05) is 6.92 Å². The largest absolute Gasteiger partial charge is 0.484 e. The summed E-state index contributed by atoms with van der Waals surface area (Å²) in [4.78, 5) is 10.0. The molecule has 1 rings (SSSR count). The molecule has 106 valence electrons. The number of hydrogen-bond donors (Lipinski definition) is 2. The van der Waals surface area contributed by atoms with Gasteiger partial charge in [-0.3, -0.25) is 10.1 Å². The molecule has 0 aliphatic heterocycles. The normalized spacial score (nSPS) is 13.9. The van der Waals surface area contributed by atoms with Crippen LogP contribution in [0.5, 0.6) is 5.75 Å². The molecule has 0 aliphatic carbocycles. The molecule has 19 heavy (non-hydrogen) atoms. The van der Waals surface area contributed by atoms with Crippen molar-refractivity contribution in [1.82, 2.24) is 5.32 Å². The number of nitrogens with one attached hydrogen (secondary N) is 1. The van der Waals surface area contributed by atoms with Crippen LogP contribution in [-0.2, 0) is 0 Å². The highest BCUT2D eigenvalue weighted by atomic mass is 19.1. The zero-order chi connectivity index (χ0) is 14.5. The number of aliphatic hydroxyl groups is 1. The Morgan fingerprint density at radius 3 is 2.84 bits per heavy atom. The van der Waals surface area contributed by atoms with Crippen LogP contribution in [0.15, 0.2) is 18.2 Å². The molecule has 0 saturated carbocycles. The van der Waals surface area contributed by atoms with Crippen LogP contribution in [0.2, 0.25) is 0 Å². The van der Waals surface area contributed by atoms with Crippen molar-refractivity contribution in [3.05, 3.63) is 34.1 Å². The lowest BCUT2D eigenvalue weighted by Gasteiger charge is -2.23. The predicted molar refractivity (Wildman–Crippen MR) is 67.7 cm³/mol. The molecule has 0 heterocycles. The lowest BCUT2D eigenvalue weighted by atomic mass is 10.1. The van der Waals surface area contributed by atoms with Crippen molar-refractivity contribution < 1.29 is 19.2 Å². The van der Waals surface area contributed by atoms with Gasteiger partial charge in [0.2, 0.25) is 0 Å². The summed E-state index contributed by atoms with van der Waals surface area (Å²) in [7, 11) is 0. The fourth-order valence-electron chi connectivity index (χ4n) is 1.43. The summed E-state index contributed by atoms with van der Waals surface area (Å²) in [6.45, 7) is 4.28. The van der Waals surface area contributed by atoms with Gasteiger partial charge in [0, 0.05) is 6.54 Å². The van der Waals surface area contributed by atoms with Crippen molar-refractivity contribution >= 4 is 5.69 Å². The summed E-state index contributed by atoms with van der Waals surface area (Å²) >= 11 is 0. The topological polar surface area (TPSA) is 84.6 Å². The third kappa shape index (κ3) is 4.80. The maximum Gasteiger partial charge on any atom is 0.313 e. The van der Waals surface area contributed by atoms with Gasteiger partial charge in [-0.05, 0) is 25.6 Å². The lowest BCUT2D eigenvalue weighted by molar-refractivity contribution is -0.386. The smallest absolute Gasteiger partial charge is 0.313 e. The Balaban J connectivity index is 2.75. The van der Waals surface area contributed by atoms with E-state index in [2.05, 4.69) is 5.32 Å². The Labute approximate surface area is 110 Å². The highest BCUT2D eigenvalue weighted by Crippen LogP contribution is 2.28. The molecule has 0 aliphatic rings. The van der Waals surface area contributed by atoms with Crippen LogP contribution in [0, 0.1) is 15.9 Å². The second kappa shape index (κ2) is 6.44. The van der Waals surface area contributed by atoms with Gasteiger partial charge in [-0.25, -0.2) is 4.39 Å². The first-order valence-electron chi connectivity index (χ1n) is 5.85. The minimum Gasteiger partial charge on any atom is -0.484 e. The SMILES string of the molecule is CCNCC(C)(O)COc1ccc(F)cc1[N+](=O)[O-]. The summed E-state index contributed by atoms with van der Waals surface area (Å²) in [5.74, 6) is -0.776. The van der Waals surface area contributed by atoms with Crippen LogP contribution >= 0.6 is 0 Å². The molecule has 2 N–H and O–H groups in total. The van der Waals surface area contributed by atoms with Gasteiger partial charge in [-0.2, -0.15) is 0 Å². The van der Waals surface area contributed by atoms with Crippen LogP contribution in [0.3, 0.4) is 0 Å². The Morgan fingerprint density at radius 1 is 1.58 bits per heavy atom. The molecule has 1 atom stereocenters. The van der Waals surface area contributed by atoms with E-state index < -0.39 is 22.0 Å². The van der Waals surface area contributed by atoms with Crippen molar-refractivity contribution in [3.63, 3.8) is 0 Å². The maximum atomic E-state index is 12.9. The molecule has 1 aromatic carbocycles. The van der Waals surface area contributed by atoms with Crippen LogP contribution in [-0.4, -0.2) is 35.3 Å². The fourth-order valence-corrected chi connectivity index (χ4v) is 1.43. The second-order valence-corrected chi connectivity index (χ2v) is 4.44. The van der Waals surface area contributed by atoms with Gasteiger partial charge in [-0.1, -0.05) is 6.92 Å². The summed E-state index contributed by atoms with van der Waals surface area (Å²) in [6, 6.07) is 3.03. The van der Waals surface area contributed by atoms with E-state index in [0.29, 0.717) is 13.1 Å². The number of ether oxygens (including phenoxy) is 1. The first-order valence-corrected chi connectivity index (χ1v) is 5.85. The van der Waals surface area contributed by atoms with Crippen molar-refractivity contribution in [2.45, 2.75) is 19.4 Å². The van der Waals surface area contributed by atoms with Gasteiger partial charge in [0.05, 0.1) is 11.0 Å². The average Bonchev–Trinajstić information content (AvgIpc) is 2.35. The zero-order valence-electron chi connectivity index (χ0n) is 10.9. The van der Waals surface area contributed by atoms with Gasteiger partial charge in [0.15, 0.2) is 5.75 Å². The van der Waals surface area contributed by atoms with E-state index >= 15 is 0 Å². The van der Waals surface area contributed by atoms with E-state index in [9.17, 15) is 19.6 Å². The molecule has 0 bridgehead atoms. The quantitative estimate of drug-likeness (QED) is 0.580. The second-order valence-electron chi connectivity index (χ2n) is 4.44. The number of nitro benzene ring substituents is 1. The zero-order valence-corrected chi connectivity index (χ0v) is 10.9. The molecule has 0 fully saturated rings. The first-order chi connectivity index (χ1) is 8.85. The molecule has 6 nitrogen and oxygen atoms in total. The predicted octanol–water partition coefficient (Wildman–Crippen LogP) is 1.47. The monoisotopic (exact) mass is 272 g/mol. The Hall–Kier alpha value is -1.73. The van der Waals surface area contributed by atoms with Crippen LogP contribution < -0.4 is 10.1 Å². The summed E-state index contributed by atoms with van der Waals surface area (Å²) in [6.07, 6.45) is 0. The van der Waals surface area contributed by atoms with Gasteiger partial charge in [-0.15, -0.1) is 0 Å². The minimum atomic E-state index is -1.17. The number of rotatable bonds is 7. The van der Waals surface area contributed by atoms with Gasteiger partial charge in [0.1, 0.15) is 18.0 Å². The van der Waals surface area contributed by atoms with Gasteiger partial charge in [0.25, 0.3) is 0 Å². The van der Waals surface area contributed by atoms with Gasteiger partial charge >= 0.3 is 5.69 Å².